The minimum Gasteiger partial charge on any atom is -0.756 e. The summed E-state index contributed by atoms with van der Waals surface area (Å²) in [6, 6.07) is -0.904. The van der Waals surface area contributed by atoms with E-state index in [1.807, 2.05) is 27.2 Å². The smallest absolute Gasteiger partial charge is 0.268 e. The van der Waals surface area contributed by atoms with Gasteiger partial charge in [-0.25, -0.2) is 0 Å². The number of aliphatic hydroxyl groups excluding tert-OH is 1. The third-order valence-corrected chi connectivity index (χ3v) is 12.0. The standard InChI is InChI=1S/C50H97N2O6P/c1-6-8-10-12-14-16-18-20-22-24-26-27-29-31-33-35-37-39-41-43-49(53)48(47-58-59(55,56)57-46-45-52(3,4)5)51-50(54)44-42-40-38-36-34-32-30-28-25-23-21-19-17-15-13-11-9-7-2/h23,25,33,35,41,43,48-49,53H,6-22,24,26-32,34,36-40,42,44-47H2,1-5H3,(H-,51,54,55,56)/b25-23-,35-33+,43-41+. The van der Waals surface area contributed by atoms with Gasteiger partial charge in [0.25, 0.3) is 7.82 Å². The summed E-state index contributed by atoms with van der Waals surface area (Å²) >= 11 is 0. The molecule has 0 aliphatic heterocycles. The summed E-state index contributed by atoms with van der Waals surface area (Å²) in [7, 11) is 1.24. The van der Waals surface area contributed by atoms with Gasteiger partial charge in [0.05, 0.1) is 39.9 Å². The maximum absolute atomic E-state index is 12.9. The fourth-order valence-electron chi connectivity index (χ4n) is 7.10. The fraction of sp³-hybridized carbons (Fsp3) is 0.860. The molecular formula is C50H97N2O6P. The van der Waals surface area contributed by atoms with Gasteiger partial charge in [0.2, 0.25) is 5.91 Å². The Morgan fingerprint density at radius 3 is 1.37 bits per heavy atom. The molecule has 2 N–H and O–H groups in total. The molecule has 59 heavy (non-hydrogen) atoms. The number of allylic oxidation sites excluding steroid dienone is 5. The number of phosphoric acid groups is 1. The van der Waals surface area contributed by atoms with Crippen LogP contribution in [0.2, 0.25) is 0 Å². The van der Waals surface area contributed by atoms with Gasteiger partial charge >= 0.3 is 0 Å². The second-order valence-corrected chi connectivity index (χ2v) is 19.6. The van der Waals surface area contributed by atoms with E-state index in [0.29, 0.717) is 17.4 Å². The van der Waals surface area contributed by atoms with Gasteiger partial charge in [-0.1, -0.05) is 198 Å². The number of carbonyl (C=O) groups is 1. The van der Waals surface area contributed by atoms with Crippen molar-refractivity contribution in [2.75, 3.05) is 40.9 Å². The number of hydrogen-bond donors (Lipinski definition) is 2. The first kappa shape index (κ1) is 57.7. The normalized spacial score (nSPS) is 14.5. The molecule has 0 aliphatic rings. The summed E-state index contributed by atoms with van der Waals surface area (Å²) in [5.41, 5.74) is 0. The Morgan fingerprint density at radius 1 is 0.576 bits per heavy atom. The molecule has 0 spiro atoms. The number of phosphoric ester groups is 1. The molecule has 0 saturated heterocycles. The van der Waals surface area contributed by atoms with Gasteiger partial charge < -0.3 is 28.8 Å². The number of unbranched alkanes of at least 4 members (excludes halogenated alkanes) is 28. The zero-order chi connectivity index (χ0) is 43.6. The topological polar surface area (TPSA) is 108 Å². The Labute approximate surface area is 366 Å². The number of amides is 1. The zero-order valence-electron chi connectivity index (χ0n) is 39.5. The zero-order valence-corrected chi connectivity index (χ0v) is 40.4. The van der Waals surface area contributed by atoms with E-state index in [0.717, 1.165) is 38.5 Å². The van der Waals surface area contributed by atoms with Gasteiger partial charge in [-0.05, 0) is 57.8 Å². The Morgan fingerprint density at radius 2 is 0.949 bits per heavy atom. The molecule has 0 aliphatic carbocycles. The Bertz CT molecular complexity index is 1060. The molecule has 0 aromatic heterocycles. The highest BCUT2D eigenvalue weighted by atomic mass is 31.2. The molecule has 0 fully saturated rings. The highest BCUT2D eigenvalue weighted by Gasteiger charge is 2.23. The van der Waals surface area contributed by atoms with E-state index in [2.05, 4.69) is 43.5 Å². The van der Waals surface area contributed by atoms with Crippen molar-refractivity contribution in [2.24, 2.45) is 0 Å². The van der Waals surface area contributed by atoms with Crippen LogP contribution >= 0.6 is 7.82 Å². The first-order valence-corrected chi connectivity index (χ1v) is 26.3. The second-order valence-electron chi connectivity index (χ2n) is 18.2. The number of hydrogen-bond acceptors (Lipinski definition) is 6. The van der Waals surface area contributed by atoms with Gasteiger partial charge in [0, 0.05) is 6.42 Å². The second kappa shape index (κ2) is 42.0. The molecule has 0 aromatic carbocycles. The first-order chi connectivity index (χ1) is 28.5. The van der Waals surface area contributed by atoms with Crippen LogP contribution in [0.4, 0.5) is 0 Å². The summed E-state index contributed by atoms with van der Waals surface area (Å²) in [4.78, 5) is 25.4. The minimum absolute atomic E-state index is 0.00690. The molecule has 0 saturated carbocycles. The van der Waals surface area contributed by atoms with Crippen LogP contribution in [0, 0.1) is 0 Å². The SMILES string of the molecule is CCCCCCCCC/C=C\CCCCCCCCCC(=O)NC(COP(=O)([O-])OCC[N+](C)(C)C)C(O)/C=C/CC/C=C/CCCCCCCCCCCCCCC. The quantitative estimate of drug-likeness (QED) is 0.0273. The monoisotopic (exact) mass is 853 g/mol. The maximum Gasteiger partial charge on any atom is 0.268 e. The average Bonchev–Trinajstić information content (AvgIpc) is 3.19. The van der Waals surface area contributed by atoms with Crippen molar-refractivity contribution >= 4 is 13.7 Å². The average molecular weight is 853 g/mol. The predicted octanol–water partition coefficient (Wildman–Crippen LogP) is 13.6. The summed E-state index contributed by atoms with van der Waals surface area (Å²) in [5, 5.41) is 13.8. The highest BCUT2D eigenvalue weighted by Crippen LogP contribution is 2.38. The third-order valence-electron chi connectivity index (χ3n) is 11.1. The maximum atomic E-state index is 12.9. The Kier molecular flexibility index (Phi) is 41.1. The molecular weight excluding hydrogens is 756 g/mol. The number of nitrogens with one attached hydrogen (secondary N) is 1. The van der Waals surface area contributed by atoms with E-state index in [1.165, 1.54) is 167 Å². The van der Waals surface area contributed by atoms with Crippen molar-refractivity contribution in [3.05, 3.63) is 36.5 Å². The van der Waals surface area contributed by atoms with Crippen molar-refractivity contribution in [2.45, 2.75) is 238 Å². The number of nitrogens with zero attached hydrogens (tertiary/aromatic N) is 1. The molecule has 0 bridgehead atoms. The van der Waals surface area contributed by atoms with Crippen LogP contribution < -0.4 is 10.2 Å². The summed E-state index contributed by atoms with van der Waals surface area (Å²) in [6.07, 6.45) is 52.0. The molecule has 0 aromatic rings. The molecule has 3 atom stereocenters. The van der Waals surface area contributed by atoms with Crippen molar-refractivity contribution < 1.29 is 32.9 Å². The van der Waals surface area contributed by atoms with Crippen LogP contribution in [0.3, 0.4) is 0 Å². The predicted molar refractivity (Wildman–Crippen MR) is 251 cm³/mol. The fourth-order valence-corrected chi connectivity index (χ4v) is 7.83. The lowest BCUT2D eigenvalue weighted by Crippen LogP contribution is -2.45. The van der Waals surface area contributed by atoms with Crippen LogP contribution in [0.25, 0.3) is 0 Å². The van der Waals surface area contributed by atoms with E-state index >= 15 is 0 Å². The van der Waals surface area contributed by atoms with E-state index < -0.39 is 26.6 Å². The Balaban J connectivity index is 4.39. The molecule has 1 amide bonds. The van der Waals surface area contributed by atoms with Crippen molar-refractivity contribution in [3.8, 4) is 0 Å². The molecule has 8 nitrogen and oxygen atoms in total. The lowest BCUT2D eigenvalue weighted by molar-refractivity contribution is -0.870. The molecule has 3 unspecified atom stereocenters. The van der Waals surface area contributed by atoms with E-state index in [4.69, 9.17) is 9.05 Å². The highest BCUT2D eigenvalue weighted by molar-refractivity contribution is 7.45. The third kappa shape index (κ3) is 44.6. The lowest BCUT2D eigenvalue weighted by Gasteiger charge is -2.29. The summed E-state index contributed by atoms with van der Waals surface area (Å²) in [6.45, 7) is 4.63. The summed E-state index contributed by atoms with van der Waals surface area (Å²) in [5.74, 6) is -0.211. The molecule has 0 radical (unpaired) electrons. The molecule has 0 rings (SSSR count). The number of quaternary nitrogens is 1. The van der Waals surface area contributed by atoms with Gasteiger partial charge in [-0.2, -0.15) is 0 Å². The van der Waals surface area contributed by atoms with E-state index in [1.54, 1.807) is 6.08 Å². The molecule has 0 heterocycles. The van der Waals surface area contributed by atoms with Crippen molar-refractivity contribution in [1.82, 2.24) is 5.32 Å². The number of rotatable bonds is 45. The van der Waals surface area contributed by atoms with Crippen molar-refractivity contribution in [3.63, 3.8) is 0 Å². The van der Waals surface area contributed by atoms with Gasteiger partial charge in [-0.15, -0.1) is 0 Å². The van der Waals surface area contributed by atoms with E-state index in [-0.39, 0.29) is 12.5 Å². The van der Waals surface area contributed by atoms with Gasteiger partial charge in [0.15, 0.2) is 0 Å². The Hall–Kier alpha value is -1.28. The van der Waals surface area contributed by atoms with Gasteiger partial charge in [-0.3, -0.25) is 9.36 Å². The summed E-state index contributed by atoms with van der Waals surface area (Å²) < 4.78 is 23.2. The van der Waals surface area contributed by atoms with Crippen LogP contribution in [-0.2, 0) is 18.4 Å². The first-order valence-electron chi connectivity index (χ1n) is 24.9. The van der Waals surface area contributed by atoms with Crippen LogP contribution in [0.5, 0.6) is 0 Å². The minimum atomic E-state index is -4.60. The van der Waals surface area contributed by atoms with Crippen molar-refractivity contribution in [1.29, 1.82) is 0 Å². The lowest BCUT2D eigenvalue weighted by atomic mass is 10.0. The number of carbonyl (C=O) groups excluding carboxylic acids is 1. The largest absolute Gasteiger partial charge is 0.756 e. The molecule has 348 valence electrons. The molecule has 9 heteroatoms. The number of likely N-dealkylation sites (N-methyl/N-ethyl adjacent to an activating group) is 1. The number of aliphatic hydroxyl groups is 1. The van der Waals surface area contributed by atoms with Gasteiger partial charge in [0.1, 0.15) is 13.2 Å². The van der Waals surface area contributed by atoms with E-state index in [9.17, 15) is 19.4 Å². The van der Waals surface area contributed by atoms with Crippen LogP contribution in [-0.4, -0.2) is 68.5 Å². The van der Waals surface area contributed by atoms with Crippen LogP contribution in [0.15, 0.2) is 36.5 Å². The van der Waals surface area contributed by atoms with Crippen LogP contribution in [0.1, 0.15) is 226 Å².